The van der Waals surface area contributed by atoms with Crippen molar-refractivity contribution >= 4 is 18.0 Å². The molecule has 2 amide bonds. The number of hydrogen-bond donors (Lipinski definition) is 5. The summed E-state index contributed by atoms with van der Waals surface area (Å²) in [7, 11) is 0. The maximum absolute atomic E-state index is 12.6. The van der Waals surface area contributed by atoms with Crippen LogP contribution >= 0.6 is 0 Å². The summed E-state index contributed by atoms with van der Waals surface area (Å²) < 4.78 is 16.8. The SMILES string of the molecule is C[C@H](OC(C)(C)CCCCOC(C)(C)O)[C@@H](O)CNC(=O)CC[C@H](NC(=O)OCC1c2ccccc2-c2ccccc21)C(=O)O. The van der Waals surface area contributed by atoms with E-state index in [9.17, 15) is 29.7 Å². The van der Waals surface area contributed by atoms with Gasteiger partial charge in [-0.3, -0.25) is 4.79 Å². The molecule has 0 saturated carbocycles. The molecule has 1 aliphatic rings. The first-order chi connectivity index (χ1) is 21.2. The van der Waals surface area contributed by atoms with E-state index in [-0.39, 0.29) is 31.9 Å². The predicted molar refractivity (Wildman–Crippen MR) is 169 cm³/mol. The summed E-state index contributed by atoms with van der Waals surface area (Å²) in [6.45, 7) is 9.10. The van der Waals surface area contributed by atoms with Crippen molar-refractivity contribution in [3.05, 3.63) is 59.7 Å². The molecule has 11 heteroatoms. The largest absolute Gasteiger partial charge is 0.480 e. The van der Waals surface area contributed by atoms with Crippen molar-refractivity contribution in [2.24, 2.45) is 0 Å². The fourth-order valence-electron chi connectivity index (χ4n) is 5.40. The average molecular weight is 629 g/mol. The van der Waals surface area contributed by atoms with Crippen molar-refractivity contribution in [2.75, 3.05) is 19.8 Å². The molecule has 0 saturated heterocycles. The van der Waals surface area contributed by atoms with Crippen LogP contribution in [0.2, 0.25) is 0 Å². The van der Waals surface area contributed by atoms with Crippen molar-refractivity contribution in [1.82, 2.24) is 10.6 Å². The van der Waals surface area contributed by atoms with E-state index in [0.29, 0.717) is 13.0 Å². The molecule has 0 fully saturated rings. The number of carboxylic acid groups (broad SMARTS) is 1. The number of ether oxygens (including phenoxy) is 3. The van der Waals surface area contributed by atoms with Crippen molar-refractivity contribution in [3.8, 4) is 11.1 Å². The van der Waals surface area contributed by atoms with Crippen LogP contribution < -0.4 is 10.6 Å². The van der Waals surface area contributed by atoms with Gasteiger partial charge in [0.2, 0.25) is 5.91 Å². The maximum Gasteiger partial charge on any atom is 0.407 e. The highest BCUT2D eigenvalue weighted by Gasteiger charge is 2.30. The molecule has 0 heterocycles. The van der Waals surface area contributed by atoms with Gasteiger partial charge in [0.05, 0.1) is 17.8 Å². The first-order valence-corrected chi connectivity index (χ1v) is 15.5. The second-order valence-corrected chi connectivity index (χ2v) is 12.6. The van der Waals surface area contributed by atoms with Gasteiger partial charge in [-0.05, 0) is 82.6 Å². The lowest BCUT2D eigenvalue weighted by molar-refractivity contribution is -0.177. The predicted octanol–water partition coefficient (Wildman–Crippen LogP) is 4.33. The lowest BCUT2D eigenvalue weighted by atomic mass is 9.98. The first-order valence-electron chi connectivity index (χ1n) is 15.5. The number of aliphatic hydroxyl groups excluding tert-OH is 1. The van der Waals surface area contributed by atoms with E-state index in [4.69, 9.17) is 14.2 Å². The number of rotatable bonds is 18. The normalized spacial score (nSPS) is 15.0. The Labute approximate surface area is 265 Å². The van der Waals surface area contributed by atoms with Crippen LogP contribution in [0.4, 0.5) is 4.79 Å². The Morgan fingerprint density at radius 3 is 2.13 bits per heavy atom. The van der Waals surface area contributed by atoms with Crippen molar-refractivity contribution < 1.29 is 43.9 Å². The molecule has 0 unspecified atom stereocenters. The molecule has 2 aromatic rings. The van der Waals surface area contributed by atoms with Gasteiger partial charge in [0, 0.05) is 25.5 Å². The summed E-state index contributed by atoms with van der Waals surface area (Å²) in [4.78, 5) is 36.8. The smallest absolute Gasteiger partial charge is 0.407 e. The Morgan fingerprint density at radius 1 is 0.956 bits per heavy atom. The molecule has 11 nitrogen and oxygen atoms in total. The molecule has 0 aliphatic heterocycles. The number of carbonyl (C=O) groups excluding carboxylic acids is 2. The van der Waals surface area contributed by atoms with Gasteiger partial charge in [-0.2, -0.15) is 0 Å². The zero-order chi connectivity index (χ0) is 33.2. The molecule has 248 valence electrons. The van der Waals surface area contributed by atoms with Crippen LogP contribution in [0.15, 0.2) is 48.5 Å². The number of amides is 2. The summed E-state index contributed by atoms with van der Waals surface area (Å²) in [5.74, 6) is -3.08. The lowest BCUT2D eigenvalue weighted by Gasteiger charge is -2.32. The minimum atomic E-state index is -1.33. The molecule has 0 spiro atoms. The van der Waals surface area contributed by atoms with Crippen LogP contribution in [0.3, 0.4) is 0 Å². The van der Waals surface area contributed by atoms with Crippen molar-refractivity contribution in [3.63, 3.8) is 0 Å². The highest BCUT2D eigenvalue weighted by Crippen LogP contribution is 2.44. The zero-order valence-electron chi connectivity index (χ0n) is 26.9. The van der Waals surface area contributed by atoms with Gasteiger partial charge < -0.3 is 40.2 Å². The third kappa shape index (κ3) is 11.4. The number of carbonyl (C=O) groups is 3. The highest BCUT2D eigenvalue weighted by molar-refractivity contribution is 5.82. The molecule has 2 aromatic carbocycles. The Balaban J connectivity index is 1.38. The quantitative estimate of drug-likeness (QED) is 0.119. The molecule has 3 rings (SSSR count). The van der Waals surface area contributed by atoms with Crippen molar-refractivity contribution in [2.45, 2.75) is 102 Å². The van der Waals surface area contributed by atoms with E-state index >= 15 is 0 Å². The Hall–Kier alpha value is -3.51. The average Bonchev–Trinajstić information content (AvgIpc) is 3.29. The Bertz CT molecular complexity index is 1240. The van der Waals surface area contributed by atoms with E-state index in [1.807, 2.05) is 62.4 Å². The van der Waals surface area contributed by atoms with Gasteiger partial charge in [-0.15, -0.1) is 0 Å². The number of aliphatic carboxylic acids is 1. The second kappa shape index (κ2) is 16.2. The molecule has 3 atom stereocenters. The van der Waals surface area contributed by atoms with Crippen LogP contribution in [-0.2, 0) is 23.8 Å². The van der Waals surface area contributed by atoms with Crippen LogP contribution in [-0.4, -0.2) is 82.7 Å². The topological polar surface area (TPSA) is 164 Å². The summed E-state index contributed by atoms with van der Waals surface area (Å²) in [6, 6.07) is 14.5. The molecule has 0 radical (unpaired) electrons. The van der Waals surface area contributed by atoms with Crippen LogP contribution in [0, 0.1) is 0 Å². The van der Waals surface area contributed by atoms with Gasteiger partial charge in [-0.1, -0.05) is 48.5 Å². The van der Waals surface area contributed by atoms with Gasteiger partial charge in [0.25, 0.3) is 0 Å². The standard InChI is InChI=1S/C34H48N2O9/c1-22(45-33(2,3)18-10-11-19-44-34(4,5)42)29(37)20-35-30(38)17-16-28(31(39)40)36-32(41)43-21-27-25-14-8-6-12-23(25)24-13-7-9-15-26(24)27/h6-9,12-15,22,27-29,37,42H,10-11,16-21H2,1-5H3,(H,35,38)(H,36,41)(H,39,40)/t22-,28-,29-/m0/s1. The van der Waals surface area contributed by atoms with E-state index in [0.717, 1.165) is 35.1 Å². The molecule has 5 N–H and O–H groups in total. The highest BCUT2D eigenvalue weighted by atomic mass is 16.6. The lowest BCUT2D eigenvalue weighted by Crippen LogP contribution is -2.44. The Morgan fingerprint density at radius 2 is 1.56 bits per heavy atom. The summed E-state index contributed by atoms with van der Waals surface area (Å²) in [6.07, 6.45) is -0.513. The third-order valence-electron chi connectivity index (χ3n) is 7.78. The van der Waals surface area contributed by atoms with Crippen molar-refractivity contribution in [1.29, 1.82) is 0 Å². The van der Waals surface area contributed by atoms with E-state index in [2.05, 4.69) is 10.6 Å². The number of hydrogen-bond acceptors (Lipinski definition) is 8. The molecule has 0 bridgehead atoms. The number of fused-ring (bicyclic) bond motifs is 3. The molecule has 0 aromatic heterocycles. The van der Waals surface area contributed by atoms with E-state index in [1.165, 1.54) is 0 Å². The monoisotopic (exact) mass is 628 g/mol. The zero-order valence-corrected chi connectivity index (χ0v) is 26.9. The van der Waals surface area contributed by atoms with Gasteiger partial charge >= 0.3 is 12.1 Å². The van der Waals surface area contributed by atoms with Gasteiger partial charge in [-0.25, -0.2) is 9.59 Å². The molecule has 1 aliphatic carbocycles. The number of unbranched alkanes of at least 4 members (excludes halogenated alkanes) is 1. The number of benzene rings is 2. The first kappa shape index (κ1) is 36.0. The minimum Gasteiger partial charge on any atom is -0.480 e. The third-order valence-corrected chi connectivity index (χ3v) is 7.78. The number of nitrogens with one attached hydrogen (secondary N) is 2. The van der Waals surface area contributed by atoms with E-state index < -0.39 is 47.6 Å². The number of carboxylic acids is 1. The molecular weight excluding hydrogens is 580 g/mol. The van der Waals surface area contributed by atoms with Gasteiger partial charge in [0.1, 0.15) is 12.6 Å². The fraction of sp³-hybridized carbons (Fsp3) is 0.559. The van der Waals surface area contributed by atoms with E-state index in [1.54, 1.807) is 20.8 Å². The number of aliphatic hydroxyl groups is 2. The molecule has 45 heavy (non-hydrogen) atoms. The summed E-state index contributed by atoms with van der Waals surface area (Å²) in [5.41, 5.74) is 3.71. The second-order valence-electron chi connectivity index (χ2n) is 12.6. The van der Waals surface area contributed by atoms with Crippen LogP contribution in [0.5, 0.6) is 0 Å². The summed E-state index contributed by atoms with van der Waals surface area (Å²) in [5, 5.41) is 34.7. The fourth-order valence-corrected chi connectivity index (χ4v) is 5.40. The van der Waals surface area contributed by atoms with Crippen LogP contribution in [0.1, 0.15) is 83.8 Å². The van der Waals surface area contributed by atoms with Gasteiger partial charge in [0.15, 0.2) is 5.79 Å². The Kier molecular flexibility index (Phi) is 12.9. The maximum atomic E-state index is 12.6. The van der Waals surface area contributed by atoms with Crippen LogP contribution in [0.25, 0.3) is 11.1 Å². The summed E-state index contributed by atoms with van der Waals surface area (Å²) >= 11 is 0. The number of alkyl carbamates (subject to hydrolysis) is 1. The molecular formula is C34H48N2O9. The minimum absolute atomic E-state index is 0.0398.